The molecule has 1 aromatic carbocycles. The Hall–Kier alpha value is -1.34. The number of nitrogens with one attached hydrogen (secondary N) is 2. The van der Waals surface area contributed by atoms with Crippen LogP contribution >= 0.6 is 27.7 Å². The van der Waals surface area contributed by atoms with Crippen LogP contribution in [0.15, 0.2) is 33.7 Å². The maximum Gasteiger partial charge on any atom is 0.251 e. The van der Waals surface area contributed by atoms with E-state index in [4.69, 9.17) is 0 Å². The van der Waals surface area contributed by atoms with Crippen LogP contribution in [0.25, 0.3) is 0 Å². The lowest BCUT2D eigenvalue weighted by Gasteiger charge is -2.13. The Balaban J connectivity index is 1.89. The Morgan fingerprint density at radius 1 is 1.35 bits per heavy atom. The minimum atomic E-state index is -0.616. The number of carbonyl (C=O) groups excluding carboxylic acids is 2. The molecule has 106 valence electrons. The van der Waals surface area contributed by atoms with Crippen molar-refractivity contribution in [1.29, 1.82) is 0 Å². The summed E-state index contributed by atoms with van der Waals surface area (Å²) in [4.78, 5) is 28.0. The van der Waals surface area contributed by atoms with Gasteiger partial charge in [0.1, 0.15) is 6.04 Å². The average Bonchev–Trinajstić information content (AvgIpc) is 2.92. The fraction of sp³-hybridized carbons (Fsp3) is 0.308. The maximum absolute atomic E-state index is 12.0. The van der Waals surface area contributed by atoms with Crippen LogP contribution in [0.4, 0.5) is 0 Å². The van der Waals surface area contributed by atoms with Crippen LogP contribution in [0.3, 0.4) is 0 Å². The Labute approximate surface area is 129 Å². The number of benzene rings is 1. The maximum atomic E-state index is 12.0. The molecule has 1 heterocycles. The number of carbonyl (C=O) groups is 2. The molecule has 7 heteroatoms. The second-order valence-electron chi connectivity index (χ2n) is 4.23. The molecular weight excluding hydrogens is 342 g/mol. The number of thioether (sulfide) groups is 1. The molecule has 0 aliphatic carbocycles. The number of hydrogen-bond donors (Lipinski definition) is 2. The van der Waals surface area contributed by atoms with Crippen molar-refractivity contribution in [2.75, 3.05) is 12.3 Å². The monoisotopic (exact) mass is 355 g/mol. The topological polar surface area (TPSA) is 70.6 Å². The smallest absolute Gasteiger partial charge is 0.251 e. The van der Waals surface area contributed by atoms with E-state index in [0.29, 0.717) is 10.7 Å². The molecule has 2 N–H and O–H groups in total. The number of nitrogens with zero attached hydrogens (tertiary/aromatic N) is 1. The molecule has 0 aromatic heterocycles. The number of rotatable bonds is 3. The summed E-state index contributed by atoms with van der Waals surface area (Å²) >= 11 is 4.81. The summed E-state index contributed by atoms with van der Waals surface area (Å²) in [5.41, 5.74) is 0.514. The first-order valence-corrected chi connectivity index (χ1v) is 7.88. The van der Waals surface area contributed by atoms with Gasteiger partial charge in [0.15, 0.2) is 5.17 Å². The summed E-state index contributed by atoms with van der Waals surface area (Å²) in [5.74, 6) is 0.347. The molecule has 0 unspecified atom stereocenters. The highest BCUT2D eigenvalue weighted by molar-refractivity contribution is 9.10. The van der Waals surface area contributed by atoms with Crippen LogP contribution in [0.5, 0.6) is 0 Å². The second-order valence-corrected chi connectivity index (χ2v) is 6.23. The Morgan fingerprint density at radius 2 is 2.05 bits per heavy atom. The molecule has 20 heavy (non-hydrogen) atoms. The average molecular weight is 356 g/mol. The number of hydrogen-bond acceptors (Lipinski definition) is 4. The van der Waals surface area contributed by atoms with Gasteiger partial charge in [-0.15, -0.1) is 0 Å². The second kappa shape index (κ2) is 6.90. The molecule has 1 atom stereocenters. The van der Waals surface area contributed by atoms with Crippen molar-refractivity contribution in [1.82, 2.24) is 10.6 Å². The minimum Gasteiger partial charge on any atom is -0.341 e. The van der Waals surface area contributed by atoms with E-state index in [0.717, 1.165) is 16.8 Å². The van der Waals surface area contributed by atoms with Gasteiger partial charge in [-0.05, 0) is 31.2 Å². The highest BCUT2D eigenvalue weighted by Crippen LogP contribution is 2.11. The molecule has 2 rings (SSSR count). The quantitative estimate of drug-likeness (QED) is 0.868. The largest absolute Gasteiger partial charge is 0.341 e. The molecule has 1 aliphatic rings. The number of aliphatic imine (C=N–C) groups is 1. The van der Waals surface area contributed by atoms with Gasteiger partial charge in [0.2, 0.25) is 5.91 Å². The molecule has 0 saturated carbocycles. The lowest BCUT2D eigenvalue weighted by atomic mass is 10.2. The van der Waals surface area contributed by atoms with E-state index >= 15 is 0 Å². The zero-order valence-corrected chi connectivity index (χ0v) is 13.3. The minimum absolute atomic E-state index is 0.261. The first kappa shape index (κ1) is 15.1. The van der Waals surface area contributed by atoms with E-state index in [2.05, 4.69) is 31.6 Å². The van der Waals surface area contributed by atoms with Crippen molar-refractivity contribution < 1.29 is 9.59 Å². The fourth-order valence-corrected chi connectivity index (χ4v) is 2.57. The molecule has 0 radical (unpaired) electrons. The number of amides is 2. The van der Waals surface area contributed by atoms with Gasteiger partial charge >= 0.3 is 0 Å². The third-order valence-electron chi connectivity index (χ3n) is 2.66. The molecule has 5 nitrogen and oxygen atoms in total. The summed E-state index contributed by atoms with van der Waals surface area (Å²) in [6, 6.07) is 6.34. The van der Waals surface area contributed by atoms with Crippen molar-refractivity contribution in [3.05, 3.63) is 34.3 Å². The summed E-state index contributed by atoms with van der Waals surface area (Å²) in [7, 11) is 0. The fourth-order valence-electron chi connectivity index (χ4n) is 1.57. The Bertz CT molecular complexity index is 545. The standard InChI is InChI=1S/C13H14BrN3O2S/c1-8(11(18)17-13-15-6-7-20-13)16-12(19)9-2-4-10(14)5-3-9/h2-5,8H,6-7H2,1H3,(H,16,19)(H,15,17,18)/t8-/m0/s1. The lowest BCUT2D eigenvalue weighted by molar-refractivity contribution is -0.121. The summed E-state index contributed by atoms with van der Waals surface area (Å²) < 4.78 is 0.899. The molecule has 0 bridgehead atoms. The van der Waals surface area contributed by atoms with Crippen molar-refractivity contribution >= 4 is 44.7 Å². The van der Waals surface area contributed by atoms with Crippen LogP contribution in [0.1, 0.15) is 17.3 Å². The van der Waals surface area contributed by atoms with Gasteiger partial charge in [-0.25, -0.2) is 0 Å². The predicted molar refractivity (Wildman–Crippen MR) is 84.0 cm³/mol. The molecule has 1 aromatic rings. The SMILES string of the molecule is C[C@H](NC(=O)c1ccc(Br)cc1)C(=O)NC1=NCCS1. The Morgan fingerprint density at radius 3 is 2.65 bits per heavy atom. The first-order valence-electron chi connectivity index (χ1n) is 6.11. The first-order chi connectivity index (χ1) is 9.56. The van der Waals surface area contributed by atoms with Crippen molar-refractivity contribution in [3.8, 4) is 0 Å². The predicted octanol–water partition coefficient (Wildman–Crippen LogP) is 1.79. The third kappa shape index (κ3) is 4.08. The zero-order chi connectivity index (χ0) is 14.5. The zero-order valence-electron chi connectivity index (χ0n) is 10.9. The van der Waals surface area contributed by atoms with Gasteiger partial charge in [0, 0.05) is 15.8 Å². The van der Waals surface area contributed by atoms with Gasteiger partial charge in [0.25, 0.3) is 5.91 Å². The number of amidine groups is 1. The van der Waals surface area contributed by atoms with Gasteiger partial charge in [0.05, 0.1) is 6.54 Å². The summed E-state index contributed by atoms with van der Waals surface area (Å²) in [6.45, 7) is 2.37. The van der Waals surface area contributed by atoms with Crippen molar-refractivity contribution in [2.45, 2.75) is 13.0 Å². The molecule has 0 spiro atoms. The van der Waals surface area contributed by atoms with Gasteiger partial charge in [-0.2, -0.15) is 0 Å². The molecule has 0 saturated heterocycles. The highest BCUT2D eigenvalue weighted by atomic mass is 79.9. The molecular formula is C13H14BrN3O2S. The number of halogens is 1. The normalized spacial score (nSPS) is 15.4. The van der Waals surface area contributed by atoms with Crippen LogP contribution in [0, 0.1) is 0 Å². The van der Waals surface area contributed by atoms with E-state index in [1.807, 2.05) is 0 Å². The van der Waals surface area contributed by atoms with Crippen molar-refractivity contribution in [3.63, 3.8) is 0 Å². The van der Waals surface area contributed by atoms with Gasteiger partial charge in [-0.1, -0.05) is 27.7 Å². The van der Waals surface area contributed by atoms with E-state index in [1.165, 1.54) is 11.8 Å². The van der Waals surface area contributed by atoms with Crippen LogP contribution in [-0.4, -0.2) is 35.3 Å². The molecule has 1 aliphatic heterocycles. The summed E-state index contributed by atoms with van der Waals surface area (Å²) in [6.07, 6.45) is 0. The van der Waals surface area contributed by atoms with Gasteiger partial charge in [-0.3, -0.25) is 14.6 Å². The van der Waals surface area contributed by atoms with Crippen LogP contribution < -0.4 is 10.6 Å². The molecule has 0 fully saturated rings. The highest BCUT2D eigenvalue weighted by Gasteiger charge is 2.19. The molecule has 2 amide bonds. The van der Waals surface area contributed by atoms with E-state index in [1.54, 1.807) is 31.2 Å². The Kier molecular flexibility index (Phi) is 5.19. The van der Waals surface area contributed by atoms with Crippen LogP contribution in [-0.2, 0) is 4.79 Å². The van der Waals surface area contributed by atoms with Crippen molar-refractivity contribution in [2.24, 2.45) is 4.99 Å². The van der Waals surface area contributed by atoms with Crippen LogP contribution in [0.2, 0.25) is 0 Å². The van der Waals surface area contributed by atoms with E-state index in [-0.39, 0.29) is 11.8 Å². The third-order valence-corrected chi connectivity index (χ3v) is 4.08. The van der Waals surface area contributed by atoms with E-state index in [9.17, 15) is 9.59 Å². The summed E-state index contributed by atoms with van der Waals surface area (Å²) in [5, 5.41) is 5.98. The van der Waals surface area contributed by atoms with E-state index < -0.39 is 6.04 Å². The lowest BCUT2D eigenvalue weighted by Crippen LogP contribution is -2.45. The van der Waals surface area contributed by atoms with Gasteiger partial charge < -0.3 is 10.6 Å².